The smallest absolute Gasteiger partial charge is 0.334 e. The normalized spacial score (nSPS) is 15.1. The molecule has 0 N–H and O–H groups in total. The molecule has 0 unspecified atom stereocenters. The van der Waals surface area contributed by atoms with E-state index < -0.39 is 0 Å². The molecular weight excluding hydrogens is 214 g/mol. The lowest BCUT2D eigenvalue weighted by Gasteiger charge is -2.28. The van der Waals surface area contributed by atoms with Crippen molar-refractivity contribution in [2.45, 2.75) is 13.0 Å². The predicted octanol–water partition coefficient (Wildman–Crippen LogP) is 1.77. The van der Waals surface area contributed by atoms with Gasteiger partial charge in [-0.2, -0.15) is 0 Å². The maximum Gasteiger partial charge on any atom is 0.334 e. The predicted molar refractivity (Wildman–Crippen MR) is 66.6 cm³/mol. The number of ether oxygens (including phenoxy) is 1. The zero-order chi connectivity index (χ0) is 12.3. The van der Waals surface area contributed by atoms with Crippen LogP contribution in [0.1, 0.15) is 11.1 Å². The molecule has 0 aromatic heterocycles. The summed E-state index contributed by atoms with van der Waals surface area (Å²) in [6.45, 7) is 6.19. The molecule has 2 rings (SSSR count). The van der Waals surface area contributed by atoms with E-state index in [-0.39, 0.29) is 5.97 Å². The van der Waals surface area contributed by atoms with Crippen LogP contribution in [-0.2, 0) is 22.5 Å². The Morgan fingerprint density at radius 3 is 2.82 bits per heavy atom. The number of nitrogens with zero attached hydrogens (tertiary/aromatic N) is 1. The Morgan fingerprint density at radius 1 is 1.41 bits per heavy atom. The third-order valence-electron chi connectivity index (χ3n) is 3.10. The number of carbonyl (C=O) groups is 1. The maximum atomic E-state index is 11.3. The van der Waals surface area contributed by atoms with Crippen LogP contribution in [0, 0.1) is 0 Å². The quantitative estimate of drug-likeness (QED) is 0.586. The van der Waals surface area contributed by atoms with Gasteiger partial charge in [-0.15, -0.1) is 0 Å². The van der Waals surface area contributed by atoms with Crippen LogP contribution in [0.2, 0.25) is 0 Å². The fraction of sp³-hybridized carbons (Fsp3) is 0.357. The minimum Gasteiger partial charge on any atom is -0.466 e. The van der Waals surface area contributed by atoms with Crippen molar-refractivity contribution in [3.05, 3.63) is 47.5 Å². The number of fused-ring (bicyclic) bond motifs is 1. The number of benzene rings is 1. The van der Waals surface area contributed by atoms with Crippen LogP contribution in [0.15, 0.2) is 36.4 Å². The van der Waals surface area contributed by atoms with Gasteiger partial charge in [-0.05, 0) is 17.5 Å². The largest absolute Gasteiger partial charge is 0.466 e. The van der Waals surface area contributed by atoms with Gasteiger partial charge in [0.25, 0.3) is 0 Å². The molecule has 3 nitrogen and oxygen atoms in total. The maximum absolute atomic E-state index is 11.3. The first kappa shape index (κ1) is 11.9. The average molecular weight is 231 g/mol. The van der Waals surface area contributed by atoms with Crippen molar-refractivity contribution in [2.24, 2.45) is 0 Å². The van der Waals surface area contributed by atoms with Crippen LogP contribution in [-0.4, -0.2) is 31.1 Å². The molecule has 17 heavy (non-hydrogen) atoms. The molecule has 0 atom stereocenters. The Bertz CT molecular complexity index is 440. The Morgan fingerprint density at radius 2 is 2.12 bits per heavy atom. The van der Waals surface area contributed by atoms with Gasteiger partial charge in [-0.3, -0.25) is 4.90 Å². The average Bonchev–Trinajstić information content (AvgIpc) is 2.37. The first-order valence-corrected chi connectivity index (χ1v) is 5.76. The van der Waals surface area contributed by atoms with Gasteiger partial charge < -0.3 is 4.74 Å². The molecule has 0 radical (unpaired) electrons. The summed E-state index contributed by atoms with van der Waals surface area (Å²) >= 11 is 0. The summed E-state index contributed by atoms with van der Waals surface area (Å²) in [5.41, 5.74) is 3.27. The molecular formula is C14H17NO2. The van der Waals surface area contributed by atoms with Crippen molar-refractivity contribution >= 4 is 5.97 Å². The lowest BCUT2D eigenvalue weighted by atomic mass is 9.99. The number of esters is 1. The summed E-state index contributed by atoms with van der Waals surface area (Å²) in [6.07, 6.45) is 1.03. The minimum absolute atomic E-state index is 0.316. The Kier molecular flexibility index (Phi) is 3.59. The van der Waals surface area contributed by atoms with Gasteiger partial charge in [0.1, 0.15) is 0 Å². The zero-order valence-electron chi connectivity index (χ0n) is 10.1. The second kappa shape index (κ2) is 5.15. The highest BCUT2D eigenvalue weighted by Gasteiger charge is 2.18. The van der Waals surface area contributed by atoms with Gasteiger partial charge in [0.2, 0.25) is 0 Å². The van der Waals surface area contributed by atoms with Gasteiger partial charge in [0, 0.05) is 25.2 Å². The summed E-state index contributed by atoms with van der Waals surface area (Å²) in [7, 11) is 1.39. The highest BCUT2D eigenvalue weighted by molar-refractivity contribution is 5.88. The summed E-state index contributed by atoms with van der Waals surface area (Å²) in [6, 6.07) is 8.43. The molecule has 0 saturated heterocycles. The molecule has 0 bridgehead atoms. The van der Waals surface area contributed by atoms with Crippen LogP contribution in [0.3, 0.4) is 0 Å². The van der Waals surface area contributed by atoms with E-state index in [1.807, 2.05) is 0 Å². The number of rotatable bonds is 3. The van der Waals surface area contributed by atoms with Crippen LogP contribution in [0.25, 0.3) is 0 Å². The van der Waals surface area contributed by atoms with Crippen molar-refractivity contribution in [1.29, 1.82) is 0 Å². The first-order valence-electron chi connectivity index (χ1n) is 5.76. The first-order chi connectivity index (χ1) is 8.20. The van der Waals surface area contributed by atoms with Gasteiger partial charge in [0.15, 0.2) is 0 Å². The molecule has 0 fully saturated rings. The van der Waals surface area contributed by atoms with Crippen LogP contribution < -0.4 is 0 Å². The van der Waals surface area contributed by atoms with E-state index in [4.69, 9.17) is 0 Å². The van der Waals surface area contributed by atoms with E-state index in [1.54, 1.807) is 0 Å². The Labute approximate surface area is 102 Å². The van der Waals surface area contributed by atoms with Gasteiger partial charge >= 0.3 is 5.97 Å². The van der Waals surface area contributed by atoms with Crippen molar-refractivity contribution in [3.63, 3.8) is 0 Å². The van der Waals surface area contributed by atoms with Crippen molar-refractivity contribution < 1.29 is 9.53 Å². The molecule has 1 aliphatic rings. The fourth-order valence-corrected chi connectivity index (χ4v) is 2.17. The van der Waals surface area contributed by atoms with Gasteiger partial charge in [-0.1, -0.05) is 30.8 Å². The van der Waals surface area contributed by atoms with E-state index >= 15 is 0 Å². The third kappa shape index (κ3) is 2.74. The van der Waals surface area contributed by atoms with Crippen LogP contribution in [0.5, 0.6) is 0 Å². The molecule has 1 aliphatic heterocycles. The van der Waals surface area contributed by atoms with Crippen molar-refractivity contribution in [2.75, 3.05) is 20.2 Å². The van der Waals surface area contributed by atoms with E-state index in [9.17, 15) is 4.79 Å². The minimum atomic E-state index is -0.316. The molecule has 0 spiro atoms. The highest BCUT2D eigenvalue weighted by atomic mass is 16.5. The number of hydrogen-bond donors (Lipinski definition) is 0. The Balaban J connectivity index is 1.99. The molecule has 0 aliphatic carbocycles. The van der Waals surface area contributed by atoms with Gasteiger partial charge in [-0.25, -0.2) is 4.79 Å². The van der Waals surface area contributed by atoms with E-state index in [1.165, 1.54) is 18.2 Å². The second-order valence-corrected chi connectivity index (χ2v) is 4.32. The summed E-state index contributed by atoms with van der Waals surface area (Å²) in [5, 5.41) is 0. The zero-order valence-corrected chi connectivity index (χ0v) is 10.1. The molecule has 0 amide bonds. The summed E-state index contributed by atoms with van der Waals surface area (Å²) < 4.78 is 4.66. The molecule has 1 aromatic rings. The topological polar surface area (TPSA) is 29.5 Å². The molecule has 90 valence electrons. The third-order valence-corrected chi connectivity index (χ3v) is 3.10. The van der Waals surface area contributed by atoms with E-state index in [2.05, 4.69) is 40.5 Å². The SMILES string of the molecule is C=C(CN1CCc2ccccc2C1)C(=O)OC. The standard InChI is InChI=1S/C14H17NO2/c1-11(14(16)17-2)9-15-8-7-12-5-3-4-6-13(12)10-15/h3-6H,1,7-10H2,2H3. The molecule has 3 heteroatoms. The number of carbonyl (C=O) groups excluding carboxylic acids is 1. The number of methoxy groups -OCH3 is 1. The highest BCUT2D eigenvalue weighted by Crippen LogP contribution is 2.18. The van der Waals surface area contributed by atoms with Gasteiger partial charge in [0.05, 0.1) is 7.11 Å². The van der Waals surface area contributed by atoms with Crippen molar-refractivity contribution in [3.8, 4) is 0 Å². The molecule has 0 saturated carbocycles. The lowest BCUT2D eigenvalue weighted by molar-refractivity contribution is -0.136. The van der Waals surface area contributed by atoms with Crippen LogP contribution >= 0.6 is 0 Å². The van der Waals surface area contributed by atoms with Crippen molar-refractivity contribution in [1.82, 2.24) is 4.90 Å². The Hall–Kier alpha value is -1.61. The second-order valence-electron chi connectivity index (χ2n) is 4.32. The lowest BCUT2D eigenvalue weighted by Crippen LogP contribution is -2.33. The van der Waals surface area contributed by atoms with E-state index in [0.717, 1.165) is 19.5 Å². The van der Waals surface area contributed by atoms with E-state index in [0.29, 0.717) is 12.1 Å². The fourth-order valence-electron chi connectivity index (χ4n) is 2.17. The number of hydrogen-bond acceptors (Lipinski definition) is 3. The molecule has 1 aromatic carbocycles. The molecule has 1 heterocycles. The van der Waals surface area contributed by atoms with Crippen LogP contribution in [0.4, 0.5) is 0 Å². The summed E-state index contributed by atoms with van der Waals surface area (Å²) in [4.78, 5) is 13.5. The monoisotopic (exact) mass is 231 g/mol. The summed E-state index contributed by atoms with van der Waals surface area (Å²) in [5.74, 6) is -0.316.